The molecule has 1 rings (SSSR count). The quantitative estimate of drug-likeness (QED) is 0.805. The fourth-order valence-corrected chi connectivity index (χ4v) is 1.46. The predicted molar refractivity (Wildman–Crippen MR) is 66.0 cm³/mol. The number of hydrogen-bond acceptors (Lipinski definition) is 3. The van der Waals surface area contributed by atoms with Crippen LogP contribution in [0.4, 0.5) is 0 Å². The molecular weight excluding hydrogens is 218 g/mol. The average Bonchev–Trinajstić information content (AvgIpc) is 2.37. The Morgan fingerprint density at radius 2 is 2.00 bits per heavy atom. The lowest BCUT2D eigenvalue weighted by Crippen LogP contribution is -2.31. The van der Waals surface area contributed by atoms with Crippen LogP contribution in [0.1, 0.15) is 12.5 Å². The SMILES string of the molecule is CCOc1ccc(CCN(C)C(=O)CO)cc1. The van der Waals surface area contributed by atoms with Crippen molar-refractivity contribution in [3.8, 4) is 5.75 Å². The Bertz CT molecular complexity index is 348. The van der Waals surface area contributed by atoms with E-state index in [0.29, 0.717) is 13.2 Å². The van der Waals surface area contributed by atoms with Crippen molar-refractivity contribution in [2.45, 2.75) is 13.3 Å². The van der Waals surface area contributed by atoms with Crippen LogP contribution in [0.25, 0.3) is 0 Å². The molecule has 0 fully saturated rings. The number of amides is 1. The molecule has 17 heavy (non-hydrogen) atoms. The minimum absolute atomic E-state index is 0.254. The second kappa shape index (κ2) is 6.91. The maximum atomic E-state index is 11.1. The zero-order chi connectivity index (χ0) is 12.7. The van der Waals surface area contributed by atoms with Crippen LogP contribution >= 0.6 is 0 Å². The lowest BCUT2D eigenvalue weighted by Gasteiger charge is -2.15. The molecular formula is C13H19NO3. The van der Waals surface area contributed by atoms with Gasteiger partial charge in [0.25, 0.3) is 0 Å². The molecule has 4 nitrogen and oxygen atoms in total. The van der Waals surface area contributed by atoms with Crippen molar-refractivity contribution < 1.29 is 14.6 Å². The van der Waals surface area contributed by atoms with Crippen LogP contribution in [-0.2, 0) is 11.2 Å². The van der Waals surface area contributed by atoms with Crippen molar-refractivity contribution in [1.29, 1.82) is 0 Å². The van der Waals surface area contributed by atoms with Gasteiger partial charge in [-0.05, 0) is 31.0 Å². The van der Waals surface area contributed by atoms with Crippen LogP contribution in [0.15, 0.2) is 24.3 Å². The number of aliphatic hydroxyl groups is 1. The average molecular weight is 237 g/mol. The zero-order valence-electron chi connectivity index (χ0n) is 10.3. The van der Waals surface area contributed by atoms with E-state index in [-0.39, 0.29) is 5.91 Å². The van der Waals surface area contributed by atoms with Gasteiger partial charge in [0.2, 0.25) is 5.91 Å². The molecule has 0 atom stereocenters. The molecule has 0 bridgehead atoms. The van der Waals surface area contributed by atoms with Crippen LogP contribution in [0.2, 0.25) is 0 Å². The largest absolute Gasteiger partial charge is 0.494 e. The molecule has 1 amide bonds. The number of nitrogens with zero attached hydrogens (tertiary/aromatic N) is 1. The first-order chi connectivity index (χ1) is 8.17. The molecule has 0 saturated heterocycles. The van der Waals surface area contributed by atoms with Crippen molar-refractivity contribution >= 4 is 5.91 Å². The van der Waals surface area contributed by atoms with Gasteiger partial charge in [0, 0.05) is 13.6 Å². The number of carbonyl (C=O) groups excluding carboxylic acids is 1. The number of rotatable bonds is 6. The third-order valence-electron chi connectivity index (χ3n) is 2.53. The number of aliphatic hydroxyl groups excluding tert-OH is 1. The third kappa shape index (κ3) is 4.44. The molecule has 0 unspecified atom stereocenters. The Morgan fingerprint density at radius 3 is 2.53 bits per heavy atom. The van der Waals surface area contributed by atoms with Crippen molar-refractivity contribution in [1.82, 2.24) is 4.90 Å². The van der Waals surface area contributed by atoms with Gasteiger partial charge in [0.1, 0.15) is 12.4 Å². The van der Waals surface area contributed by atoms with Gasteiger partial charge >= 0.3 is 0 Å². The highest BCUT2D eigenvalue weighted by atomic mass is 16.5. The summed E-state index contributed by atoms with van der Waals surface area (Å²) in [5.41, 5.74) is 1.14. The fraction of sp³-hybridized carbons (Fsp3) is 0.462. The van der Waals surface area contributed by atoms with Crippen molar-refractivity contribution in [3.05, 3.63) is 29.8 Å². The summed E-state index contributed by atoms with van der Waals surface area (Å²) in [5, 5.41) is 8.69. The van der Waals surface area contributed by atoms with E-state index >= 15 is 0 Å². The summed E-state index contributed by atoms with van der Waals surface area (Å²) < 4.78 is 5.34. The molecule has 0 aliphatic carbocycles. The normalized spacial score (nSPS) is 10.1. The first-order valence-corrected chi connectivity index (χ1v) is 5.74. The summed E-state index contributed by atoms with van der Waals surface area (Å²) in [7, 11) is 1.69. The van der Waals surface area contributed by atoms with E-state index < -0.39 is 6.61 Å². The van der Waals surface area contributed by atoms with Gasteiger partial charge in [-0.25, -0.2) is 0 Å². The topological polar surface area (TPSA) is 49.8 Å². The number of likely N-dealkylation sites (N-methyl/N-ethyl adjacent to an activating group) is 1. The van der Waals surface area contributed by atoms with Crippen molar-refractivity contribution in [2.75, 3.05) is 26.8 Å². The highest BCUT2D eigenvalue weighted by Crippen LogP contribution is 2.12. The summed E-state index contributed by atoms with van der Waals surface area (Å²) in [4.78, 5) is 12.7. The van der Waals surface area contributed by atoms with Crippen LogP contribution in [-0.4, -0.2) is 42.7 Å². The van der Waals surface area contributed by atoms with Crippen LogP contribution < -0.4 is 4.74 Å². The molecule has 0 aliphatic rings. The van der Waals surface area contributed by atoms with Crippen LogP contribution in [0.5, 0.6) is 5.75 Å². The molecule has 1 aromatic carbocycles. The minimum Gasteiger partial charge on any atom is -0.494 e. The Hall–Kier alpha value is -1.55. The molecule has 4 heteroatoms. The second-order valence-corrected chi connectivity index (χ2v) is 3.80. The predicted octanol–water partition coefficient (Wildman–Crippen LogP) is 1.08. The lowest BCUT2D eigenvalue weighted by molar-refractivity contribution is -0.132. The molecule has 1 aromatic rings. The molecule has 0 heterocycles. The lowest BCUT2D eigenvalue weighted by atomic mass is 10.1. The Kier molecular flexibility index (Phi) is 5.49. The van der Waals surface area contributed by atoms with E-state index in [1.165, 1.54) is 4.90 Å². The Balaban J connectivity index is 2.44. The van der Waals surface area contributed by atoms with Gasteiger partial charge < -0.3 is 14.7 Å². The summed E-state index contributed by atoms with van der Waals surface area (Å²) in [6.45, 7) is 2.78. The van der Waals surface area contributed by atoms with Gasteiger partial charge in [0.15, 0.2) is 0 Å². The molecule has 0 aromatic heterocycles. The first kappa shape index (κ1) is 13.5. The Labute approximate surface area is 102 Å². The number of benzene rings is 1. The Morgan fingerprint density at radius 1 is 1.35 bits per heavy atom. The number of hydrogen-bond donors (Lipinski definition) is 1. The summed E-state index contributed by atoms with van der Waals surface area (Å²) in [6.07, 6.45) is 0.772. The molecule has 1 N–H and O–H groups in total. The van der Waals surface area contributed by atoms with Crippen molar-refractivity contribution in [3.63, 3.8) is 0 Å². The molecule has 0 radical (unpaired) electrons. The smallest absolute Gasteiger partial charge is 0.248 e. The van der Waals surface area contributed by atoms with Gasteiger partial charge in [0.05, 0.1) is 6.61 Å². The summed E-state index contributed by atoms with van der Waals surface area (Å²) in [6, 6.07) is 7.82. The number of carbonyl (C=O) groups is 1. The van der Waals surface area contributed by atoms with E-state index in [0.717, 1.165) is 17.7 Å². The fourth-order valence-electron chi connectivity index (χ4n) is 1.46. The minimum atomic E-state index is -0.431. The maximum absolute atomic E-state index is 11.1. The van der Waals surface area contributed by atoms with Crippen LogP contribution in [0, 0.1) is 0 Å². The van der Waals surface area contributed by atoms with E-state index in [9.17, 15) is 4.79 Å². The number of ether oxygens (including phenoxy) is 1. The summed E-state index contributed by atoms with van der Waals surface area (Å²) in [5.74, 6) is 0.604. The zero-order valence-corrected chi connectivity index (χ0v) is 10.3. The summed E-state index contributed by atoms with van der Waals surface area (Å²) >= 11 is 0. The van der Waals surface area contributed by atoms with E-state index in [1.54, 1.807) is 7.05 Å². The van der Waals surface area contributed by atoms with Gasteiger partial charge in [-0.1, -0.05) is 12.1 Å². The van der Waals surface area contributed by atoms with Crippen LogP contribution in [0.3, 0.4) is 0 Å². The molecule has 0 spiro atoms. The second-order valence-electron chi connectivity index (χ2n) is 3.80. The maximum Gasteiger partial charge on any atom is 0.248 e. The van der Waals surface area contributed by atoms with E-state index in [2.05, 4.69) is 0 Å². The van der Waals surface area contributed by atoms with Gasteiger partial charge in [-0.2, -0.15) is 0 Å². The van der Waals surface area contributed by atoms with E-state index in [1.807, 2.05) is 31.2 Å². The van der Waals surface area contributed by atoms with Gasteiger partial charge in [-0.15, -0.1) is 0 Å². The first-order valence-electron chi connectivity index (χ1n) is 5.74. The molecule has 0 aliphatic heterocycles. The third-order valence-corrected chi connectivity index (χ3v) is 2.53. The standard InChI is InChI=1S/C13H19NO3/c1-3-17-12-6-4-11(5-7-12)8-9-14(2)13(16)10-15/h4-7,15H,3,8-10H2,1-2H3. The monoisotopic (exact) mass is 237 g/mol. The highest BCUT2D eigenvalue weighted by Gasteiger charge is 2.06. The van der Waals surface area contributed by atoms with Crippen molar-refractivity contribution in [2.24, 2.45) is 0 Å². The highest BCUT2D eigenvalue weighted by molar-refractivity contribution is 5.76. The molecule has 0 saturated carbocycles. The van der Waals surface area contributed by atoms with Gasteiger partial charge in [-0.3, -0.25) is 4.79 Å². The van der Waals surface area contributed by atoms with E-state index in [4.69, 9.17) is 9.84 Å². The molecule has 94 valence electrons.